The van der Waals surface area contributed by atoms with E-state index >= 15 is 0 Å². The molecular formula is C28H26O3. The summed E-state index contributed by atoms with van der Waals surface area (Å²) in [6, 6.07) is 25.4. The van der Waals surface area contributed by atoms with Crippen molar-refractivity contribution in [1.82, 2.24) is 0 Å². The van der Waals surface area contributed by atoms with E-state index in [1.54, 1.807) is 7.11 Å². The molecule has 3 heteroatoms. The highest BCUT2D eigenvalue weighted by Crippen LogP contribution is 2.75. The fraction of sp³-hybridized carbons (Fsp3) is 0.321. The summed E-state index contributed by atoms with van der Waals surface area (Å²) in [5, 5.41) is 0. The van der Waals surface area contributed by atoms with Crippen molar-refractivity contribution in [3.63, 3.8) is 0 Å². The van der Waals surface area contributed by atoms with Gasteiger partial charge in [0.25, 0.3) is 0 Å². The number of methoxy groups -OCH3 is 1. The van der Waals surface area contributed by atoms with Crippen LogP contribution in [0.2, 0.25) is 0 Å². The van der Waals surface area contributed by atoms with Crippen LogP contribution in [0.5, 0.6) is 5.75 Å². The van der Waals surface area contributed by atoms with Gasteiger partial charge in [-0.15, -0.1) is 0 Å². The highest BCUT2D eigenvalue weighted by molar-refractivity contribution is 5.96. The van der Waals surface area contributed by atoms with E-state index in [1.165, 1.54) is 16.7 Å². The van der Waals surface area contributed by atoms with E-state index in [1.807, 2.05) is 12.1 Å². The Morgan fingerprint density at radius 2 is 1.65 bits per heavy atom. The van der Waals surface area contributed by atoms with Crippen molar-refractivity contribution in [2.45, 2.75) is 36.5 Å². The second-order valence-electron chi connectivity index (χ2n) is 9.15. The quantitative estimate of drug-likeness (QED) is 0.514. The lowest BCUT2D eigenvalue weighted by atomic mass is 9.31. The molecule has 3 aromatic carbocycles. The lowest BCUT2D eigenvalue weighted by Crippen LogP contribution is -2.72. The molecule has 1 spiro atoms. The maximum Gasteiger partial charge on any atom is 0.318 e. The second kappa shape index (κ2) is 6.46. The number of carbonyl (C=O) groups excluding carboxylic acids is 1. The average molecular weight is 411 g/mol. The van der Waals surface area contributed by atoms with Gasteiger partial charge in [-0.3, -0.25) is 4.79 Å². The van der Waals surface area contributed by atoms with Crippen molar-refractivity contribution in [1.29, 1.82) is 0 Å². The molecule has 0 N–H and O–H groups in total. The summed E-state index contributed by atoms with van der Waals surface area (Å²) in [6.07, 6.45) is 1.81. The van der Waals surface area contributed by atoms with Crippen LogP contribution in [0.3, 0.4) is 0 Å². The van der Waals surface area contributed by atoms with Gasteiger partial charge >= 0.3 is 5.97 Å². The average Bonchev–Trinajstić information content (AvgIpc) is 2.94. The summed E-state index contributed by atoms with van der Waals surface area (Å²) >= 11 is 0. The van der Waals surface area contributed by atoms with Gasteiger partial charge in [0.2, 0.25) is 0 Å². The number of benzene rings is 3. The van der Waals surface area contributed by atoms with Gasteiger partial charge in [-0.1, -0.05) is 67.6 Å². The van der Waals surface area contributed by atoms with E-state index in [-0.39, 0.29) is 17.3 Å². The SMILES string of the molecule is COc1ccc([C@@]23CCCOC(=O)[C@@]24c2ccccc2-c2ccccc2[C@H]4[C@@H]3C)cc1. The van der Waals surface area contributed by atoms with E-state index in [4.69, 9.17) is 9.47 Å². The molecule has 4 atom stereocenters. The number of hydrogen-bond acceptors (Lipinski definition) is 3. The Labute approximate surface area is 183 Å². The Kier molecular flexibility index (Phi) is 3.89. The first kappa shape index (κ1) is 18.7. The number of hydrogen-bond donors (Lipinski definition) is 0. The molecule has 0 bridgehead atoms. The van der Waals surface area contributed by atoms with E-state index in [0.717, 1.165) is 29.7 Å². The van der Waals surface area contributed by atoms with Crippen LogP contribution in [0.4, 0.5) is 0 Å². The Bertz CT molecular complexity index is 1180. The van der Waals surface area contributed by atoms with Crippen molar-refractivity contribution in [2.75, 3.05) is 13.7 Å². The van der Waals surface area contributed by atoms with Crippen molar-refractivity contribution in [3.05, 3.63) is 89.5 Å². The number of rotatable bonds is 2. The van der Waals surface area contributed by atoms with E-state index in [2.05, 4.69) is 67.6 Å². The maximum absolute atomic E-state index is 14.0. The van der Waals surface area contributed by atoms with E-state index in [9.17, 15) is 4.79 Å². The monoisotopic (exact) mass is 410 g/mol. The molecule has 1 aliphatic heterocycles. The van der Waals surface area contributed by atoms with Crippen LogP contribution in [0.1, 0.15) is 42.4 Å². The number of ether oxygens (including phenoxy) is 2. The Morgan fingerprint density at radius 1 is 0.935 bits per heavy atom. The molecule has 0 radical (unpaired) electrons. The zero-order valence-corrected chi connectivity index (χ0v) is 17.9. The molecule has 2 aliphatic carbocycles. The third kappa shape index (κ3) is 2.07. The number of carbonyl (C=O) groups is 1. The minimum absolute atomic E-state index is 0.0640. The van der Waals surface area contributed by atoms with Crippen LogP contribution >= 0.6 is 0 Å². The minimum atomic E-state index is -0.706. The van der Waals surface area contributed by atoms with Crippen LogP contribution in [0.25, 0.3) is 11.1 Å². The predicted octanol–water partition coefficient (Wildman–Crippen LogP) is 5.62. The largest absolute Gasteiger partial charge is 0.497 e. The van der Waals surface area contributed by atoms with Crippen LogP contribution in [0.15, 0.2) is 72.8 Å². The number of fused-ring (bicyclic) bond motifs is 4. The van der Waals surface area contributed by atoms with Gasteiger partial charge in [0, 0.05) is 11.3 Å². The van der Waals surface area contributed by atoms with Crippen molar-refractivity contribution < 1.29 is 14.3 Å². The molecule has 0 amide bonds. The predicted molar refractivity (Wildman–Crippen MR) is 120 cm³/mol. The number of cyclic esters (lactones) is 1. The fourth-order valence-corrected chi connectivity index (χ4v) is 7.18. The molecule has 0 unspecified atom stereocenters. The van der Waals surface area contributed by atoms with Crippen LogP contribution in [-0.4, -0.2) is 19.7 Å². The number of esters is 1. The topological polar surface area (TPSA) is 35.5 Å². The fourth-order valence-electron chi connectivity index (χ4n) is 7.18. The summed E-state index contributed by atoms with van der Waals surface area (Å²) in [5.74, 6) is 1.18. The smallest absolute Gasteiger partial charge is 0.318 e. The maximum atomic E-state index is 14.0. The summed E-state index contributed by atoms with van der Waals surface area (Å²) in [5.41, 5.74) is 5.02. The first-order valence-electron chi connectivity index (χ1n) is 11.2. The second-order valence-corrected chi connectivity index (χ2v) is 9.15. The lowest BCUT2D eigenvalue weighted by Gasteiger charge is -2.69. The van der Waals surface area contributed by atoms with Gasteiger partial charge in [0.15, 0.2) is 0 Å². The summed E-state index contributed by atoms with van der Waals surface area (Å²) in [7, 11) is 1.69. The summed E-state index contributed by atoms with van der Waals surface area (Å²) in [6.45, 7) is 2.82. The van der Waals surface area contributed by atoms with Gasteiger partial charge in [-0.2, -0.15) is 0 Å². The molecule has 6 rings (SSSR count). The Morgan fingerprint density at radius 3 is 2.42 bits per heavy atom. The molecule has 2 fully saturated rings. The van der Waals surface area contributed by atoms with Crippen LogP contribution < -0.4 is 4.74 Å². The van der Waals surface area contributed by atoms with Crippen molar-refractivity contribution >= 4 is 5.97 Å². The molecule has 31 heavy (non-hydrogen) atoms. The molecule has 156 valence electrons. The molecule has 3 nitrogen and oxygen atoms in total. The standard InChI is InChI=1S/C28H26O3/c1-18-25-23-10-4-3-8-21(23)22-9-5-6-11-24(22)28(25)26(29)31-17-7-16-27(18,28)19-12-14-20(30-2)15-13-19/h3-6,8-15,18,25H,7,16-17H2,1-2H3/t18-,25+,27-,28-/m0/s1. The summed E-state index contributed by atoms with van der Waals surface area (Å²) < 4.78 is 11.4. The van der Waals surface area contributed by atoms with E-state index in [0.29, 0.717) is 12.5 Å². The first-order valence-corrected chi connectivity index (χ1v) is 11.2. The van der Waals surface area contributed by atoms with Crippen LogP contribution in [0, 0.1) is 5.92 Å². The van der Waals surface area contributed by atoms with Crippen LogP contribution in [-0.2, 0) is 20.4 Å². The normalized spacial score (nSPS) is 30.5. The molecule has 3 aliphatic rings. The molecule has 0 aromatic heterocycles. The van der Waals surface area contributed by atoms with Gasteiger partial charge < -0.3 is 9.47 Å². The molecule has 3 aromatic rings. The van der Waals surface area contributed by atoms with Gasteiger partial charge in [0.1, 0.15) is 11.2 Å². The highest BCUT2D eigenvalue weighted by atomic mass is 16.5. The Balaban J connectivity index is 1.70. The third-order valence-corrected chi connectivity index (χ3v) is 8.26. The molecular weight excluding hydrogens is 384 g/mol. The lowest BCUT2D eigenvalue weighted by molar-refractivity contribution is -0.166. The van der Waals surface area contributed by atoms with Gasteiger partial charge in [-0.25, -0.2) is 0 Å². The highest BCUT2D eigenvalue weighted by Gasteiger charge is 2.77. The zero-order chi connectivity index (χ0) is 21.2. The molecule has 1 saturated heterocycles. The summed E-state index contributed by atoms with van der Waals surface area (Å²) in [4.78, 5) is 14.0. The van der Waals surface area contributed by atoms with E-state index < -0.39 is 5.41 Å². The van der Waals surface area contributed by atoms with Gasteiger partial charge in [0.05, 0.1) is 13.7 Å². The molecule has 1 heterocycles. The zero-order valence-electron chi connectivity index (χ0n) is 17.9. The first-order chi connectivity index (χ1) is 15.2. The minimum Gasteiger partial charge on any atom is -0.497 e. The third-order valence-electron chi connectivity index (χ3n) is 8.26. The Hall–Kier alpha value is -3.07. The molecule has 1 saturated carbocycles. The van der Waals surface area contributed by atoms with Crippen molar-refractivity contribution in [3.8, 4) is 16.9 Å². The van der Waals surface area contributed by atoms with Gasteiger partial charge in [-0.05, 0) is 58.7 Å². The van der Waals surface area contributed by atoms with Crippen molar-refractivity contribution in [2.24, 2.45) is 5.92 Å².